The molecule has 0 spiro atoms. The Hall–Kier alpha value is -3.18. The van der Waals surface area contributed by atoms with Crippen molar-refractivity contribution >= 4 is 12.1 Å². The first-order chi connectivity index (χ1) is 21.1. The topological polar surface area (TPSA) is 82.1 Å². The number of alkyl halides is 3. The van der Waals surface area contributed by atoms with E-state index in [1.54, 1.807) is 12.1 Å². The number of alkyl carbamates (subject to hydrolysis) is 1. The lowest BCUT2D eigenvalue weighted by Crippen LogP contribution is -2.46. The van der Waals surface area contributed by atoms with Gasteiger partial charge in [-0.15, -0.1) is 0 Å². The van der Waals surface area contributed by atoms with Crippen molar-refractivity contribution in [1.82, 2.24) is 15.1 Å². The lowest BCUT2D eigenvalue weighted by molar-refractivity contribution is -0.145. The normalized spacial score (nSPS) is 23.4. The van der Waals surface area contributed by atoms with Crippen molar-refractivity contribution < 1.29 is 37.0 Å². The fraction of sp³-hybridized carbons (Fsp3) is 0.576. The first kappa shape index (κ1) is 32.2. The van der Waals surface area contributed by atoms with Gasteiger partial charge in [0.05, 0.1) is 5.56 Å². The Morgan fingerprint density at radius 3 is 2.32 bits per heavy atom. The molecule has 3 fully saturated rings. The molecule has 0 bridgehead atoms. The van der Waals surface area contributed by atoms with E-state index >= 15 is 0 Å². The minimum absolute atomic E-state index is 0.0149. The molecule has 1 aliphatic carbocycles. The van der Waals surface area contributed by atoms with Gasteiger partial charge < -0.3 is 20.1 Å². The summed E-state index contributed by atoms with van der Waals surface area (Å²) in [5, 5.41) is 12.9. The third-order valence-electron chi connectivity index (χ3n) is 9.51. The number of piperidine rings is 1. The summed E-state index contributed by atoms with van der Waals surface area (Å²) in [6.45, 7) is 3.43. The van der Waals surface area contributed by atoms with Crippen LogP contribution in [-0.4, -0.2) is 71.8 Å². The van der Waals surface area contributed by atoms with Crippen molar-refractivity contribution in [1.29, 1.82) is 0 Å². The molecular weight excluding hydrogens is 578 g/mol. The average Bonchev–Trinajstić information content (AvgIpc) is 3.40. The van der Waals surface area contributed by atoms with Gasteiger partial charge in [-0.05, 0) is 72.9 Å². The van der Waals surface area contributed by atoms with Gasteiger partial charge in [-0.25, -0.2) is 9.18 Å². The monoisotopic (exact) mass is 619 g/mol. The molecule has 44 heavy (non-hydrogen) atoms. The van der Waals surface area contributed by atoms with Crippen LogP contribution in [0.4, 0.5) is 22.4 Å². The number of carbonyl (C=O) groups is 2. The van der Waals surface area contributed by atoms with Crippen LogP contribution < -0.4 is 5.32 Å². The van der Waals surface area contributed by atoms with E-state index in [4.69, 9.17) is 4.74 Å². The number of amides is 1. The Labute approximate surface area is 255 Å². The van der Waals surface area contributed by atoms with E-state index in [1.165, 1.54) is 18.2 Å². The molecule has 2 aromatic rings. The Bertz CT molecular complexity index is 1260. The van der Waals surface area contributed by atoms with Crippen molar-refractivity contribution in [3.8, 4) is 0 Å². The number of aliphatic carboxylic acids is 1. The van der Waals surface area contributed by atoms with Gasteiger partial charge in [0, 0.05) is 45.2 Å². The number of likely N-dealkylation sites (tertiary alicyclic amines) is 2. The molecule has 7 nitrogen and oxygen atoms in total. The van der Waals surface area contributed by atoms with Crippen LogP contribution in [0.5, 0.6) is 0 Å². The lowest BCUT2D eigenvalue weighted by atomic mass is 9.83. The zero-order valence-corrected chi connectivity index (χ0v) is 24.8. The third-order valence-corrected chi connectivity index (χ3v) is 9.51. The minimum atomic E-state index is -4.41. The molecule has 2 aliphatic heterocycles. The number of hydrogen-bond donors (Lipinski definition) is 2. The number of halogens is 4. The molecule has 2 aromatic carbocycles. The van der Waals surface area contributed by atoms with Gasteiger partial charge in [0.1, 0.15) is 18.0 Å². The van der Waals surface area contributed by atoms with Gasteiger partial charge >= 0.3 is 18.2 Å². The van der Waals surface area contributed by atoms with Gasteiger partial charge in [0.2, 0.25) is 0 Å². The molecule has 2 saturated heterocycles. The number of nitrogens with one attached hydrogen (secondary N) is 1. The maximum Gasteiger partial charge on any atom is 0.416 e. The summed E-state index contributed by atoms with van der Waals surface area (Å²) in [6, 6.07) is 10.7. The first-order valence-corrected chi connectivity index (χ1v) is 15.6. The molecule has 240 valence electrons. The maximum atomic E-state index is 14.2. The standard InChI is InChI=1S/C33H41F4N3O4/c34-27-8-4-7-24(17-27)29-21-40(30(31(41)42)23-5-2-1-3-6-23)20-25(29)19-39-15-13-28(14-16-39)44-32(43)38-18-22-9-11-26(12-10-22)33(35,36)37/h4,7-12,17,23,25,28-30H,1-3,5-6,13-16,18-21H2,(H,38,43)(H,41,42). The number of rotatable bonds is 9. The Balaban J connectivity index is 1.14. The fourth-order valence-corrected chi connectivity index (χ4v) is 7.26. The number of carboxylic acid groups (broad SMARTS) is 1. The van der Waals surface area contributed by atoms with Crippen LogP contribution in [0, 0.1) is 17.7 Å². The predicted molar refractivity (Wildman–Crippen MR) is 156 cm³/mol. The highest BCUT2D eigenvalue weighted by Gasteiger charge is 2.43. The highest BCUT2D eigenvalue weighted by atomic mass is 19.4. The molecule has 3 aliphatic rings. The number of carboxylic acids is 1. The second-order valence-corrected chi connectivity index (χ2v) is 12.5. The second kappa shape index (κ2) is 14.3. The third kappa shape index (κ3) is 8.29. The molecule has 3 atom stereocenters. The zero-order chi connectivity index (χ0) is 31.3. The molecule has 0 aromatic heterocycles. The maximum absolute atomic E-state index is 14.2. The minimum Gasteiger partial charge on any atom is -0.480 e. The number of carbonyl (C=O) groups excluding carboxylic acids is 1. The van der Waals surface area contributed by atoms with Crippen molar-refractivity contribution in [3.63, 3.8) is 0 Å². The van der Waals surface area contributed by atoms with Gasteiger partial charge in [0.25, 0.3) is 0 Å². The Morgan fingerprint density at radius 2 is 1.68 bits per heavy atom. The summed E-state index contributed by atoms with van der Waals surface area (Å²) in [5.41, 5.74) is 0.694. The Morgan fingerprint density at radius 1 is 0.977 bits per heavy atom. The second-order valence-electron chi connectivity index (χ2n) is 12.5. The highest BCUT2D eigenvalue weighted by molar-refractivity contribution is 5.74. The van der Waals surface area contributed by atoms with Gasteiger partial charge in [-0.1, -0.05) is 43.5 Å². The number of ether oxygens (including phenoxy) is 1. The van der Waals surface area contributed by atoms with Crippen molar-refractivity contribution in [2.24, 2.45) is 11.8 Å². The van der Waals surface area contributed by atoms with Gasteiger partial charge in [0.15, 0.2) is 0 Å². The van der Waals surface area contributed by atoms with E-state index in [0.717, 1.165) is 56.3 Å². The fourth-order valence-electron chi connectivity index (χ4n) is 7.26. The number of nitrogens with zero attached hydrogens (tertiary/aromatic N) is 2. The van der Waals surface area contributed by atoms with E-state index in [-0.39, 0.29) is 36.2 Å². The molecule has 2 heterocycles. The summed E-state index contributed by atoms with van der Waals surface area (Å²) in [5.74, 6) is -0.791. The summed E-state index contributed by atoms with van der Waals surface area (Å²) in [7, 11) is 0. The van der Waals surface area contributed by atoms with Crippen LogP contribution in [-0.2, 0) is 22.3 Å². The van der Waals surface area contributed by atoms with E-state index < -0.39 is 29.8 Å². The zero-order valence-electron chi connectivity index (χ0n) is 24.8. The van der Waals surface area contributed by atoms with Crippen molar-refractivity contribution in [2.75, 3.05) is 32.7 Å². The van der Waals surface area contributed by atoms with E-state index in [9.17, 15) is 32.3 Å². The first-order valence-electron chi connectivity index (χ1n) is 15.6. The van der Waals surface area contributed by atoms with Crippen molar-refractivity contribution in [3.05, 3.63) is 71.0 Å². The van der Waals surface area contributed by atoms with Crippen LogP contribution in [0.3, 0.4) is 0 Å². The summed E-state index contributed by atoms with van der Waals surface area (Å²) < 4.78 is 58.1. The highest BCUT2D eigenvalue weighted by Crippen LogP contribution is 2.39. The van der Waals surface area contributed by atoms with Gasteiger partial charge in [-0.3, -0.25) is 9.69 Å². The number of hydrogen-bond acceptors (Lipinski definition) is 5. The van der Waals surface area contributed by atoms with E-state index in [1.807, 2.05) is 6.07 Å². The quantitative estimate of drug-likeness (QED) is 0.322. The molecule has 11 heteroatoms. The van der Waals surface area contributed by atoms with Gasteiger partial charge in [-0.2, -0.15) is 13.2 Å². The largest absolute Gasteiger partial charge is 0.480 e. The average molecular weight is 620 g/mol. The van der Waals surface area contributed by atoms with Crippen LogP contribution in [0.2, 0.25) is 0 Å². The van der Waals surface area contributed by atoms with Crippen molar-refractivity contribution in [2.45, 2.75) is 75.7 Å². The molecule has 1 saturated carbocycles. The predicted octanol–water partition coefficient (Wildman–Crippen LogP) is 6.28. The SMILES string of the molecule is O=C(NCc1ccc(C(F)(F)F)cc1)OC1CCN(CC2CN(C(C(=O)O)C3CCCCC3)CC2c2cccc(F)c2)CC1. The molecule has 2 N–H and O–H groups in total. The number of benzene rings is 2. The Kier molecular flexibility index (Phi) is 10.5. The smallest absolute Gasteiger partial charge is 0.416 e. The summed E-state index contributed by atoms with van der Waals surface area (Å²) in [4.78, 5) is 29.3. The van der Waals surface area contributed by atoms with E-state index in [0.29, 0.717) is 44.6 Å². The van der Waals surface area contributed by atoms with Crippen LogP contribution in [0.25, 0.3) is 0 Å². The molecule has 5 rings (SSSR count). The molecule has 1 amide bonds. The van der Waals surface area contributed by atoms with Crippen LogP contribution in [0.1, 0.15) is 67.6 Å². The summed E-state index contributed by atoms with van der Waals surface area (Å²) in [6.07, 6.45) is 1.09. The molecular formula is C33H41F4N3O4. The van der Waals surface area contributed by atoms with Crippen LogP contribution >= 0.6 is 0 Å². The molecule has 0 radical (unpaired) electrons. The molecule has 3 unspecified atom stereocenters. The van der Waals surface area contributed by atoms with E-state index in [2.05, 4.69) is 15.1 Å². The lowest BCUT2D eigenvalue weighted by Gasteiger charge is -2.35. The van der Waals surface area contributed by atoms with Crippen LogP contribution in [0.15, 0.2) is 48.5 Å². The summed E-state index contributed by atoms with van der Waals surface area (Å²) >= 11 is 0.